The molecule has 0 saturated carbocycles. The van der Waals surface area contributed by atoms with E-state index in [9.17, 15) is 4.79 Å². The first kappa shape index (κ1) is 9.06. The summed E-state index contributed by atoms with van der Waals surface area (Å²) in [6, 6.07) is 0. The van der Waals surface area contributed by atoms with Crippen LogP contribution < -0.4 is 0 Å². The molecule has 2 atom stereocenters. The van der Waals surface area contributed by atoms with Crippen molar-refractivity contribution in [3.05, 3.63) is 0 Å². The fourth-order valence-electron chi connectivity index (χ4n) is 1.86. The Balaban J connectivity index is 2.28. The molecular formula is C9H13NO2S. The molecule has 72 valence electrons. The van der Waals surface area contributed by atoms with Crippen molar-refractivity contribution in [3.63, 3.8) is 0 Å². The van der Waals surface area contributed by atoms with Crippen molar-refractivity contribution in [1.29, 1.82) is 0 Å². The Bertz CT molecular complexity index is 277. The summed E-state index contributed by atoms with van der Waals surface area (Å²) in [5, 5.41) is 3.99. The van der Waals surface area contributed by atoms with Crippen LogP contribution in [0.3, 0.4) is 0 Å². The van der Waals surface area contributed by atoms with Crippen molar-refractivity contribution in [2.24, 2.45) is 11.1 Å². The molecule has 0 aromatic rings. The first-order chi connectivity index (χ1) is 6.18. The molecule has 0 bridgehead atoms. The number of carbonyl (C=O) groups excluding carboxylic acids is 1. The highest BCUT2D eigenvalue weighted by Crippen LogP contribution is 2.42. The van der Waals surface area contributed by atoms with E-state index in [1.807, 2.05) is 13.8 Å². The molecule has 2 aliphatic heterocycles. The van der Waals surface area contributed by atoms with Crippen LogP contribution in [-0.4, -0.2) is 28.6 Å². The Morgan fingerprint density at radius 3 is 3.31 bits per heavy atom. The lowest BCUT2D eigenvalue weighted by Gasteiger charge is -2.19. The largest absolute Gasteiger partial charge is 0.395 e. The van der Waals surface area contributed by atoms with Gasteiger partial charge in [0.1, 0.15) is 11.4 Å². The predicted octanol–water partition coefficient (Wildman–Crippen LogP) is 1.47. The topological polar surface area (TPSA) is 38.7 Å². The van der Waals surface area contributed by atoms with Crippen molar-refractivity contribution in [2.75, 3.05) is 12.4 Å². The second-order valence-electron chi connectivity index (χ2n) is 3.59. The monoisotopic (exact) mass is 199 g/mol. The SMILES string of the molecule is CCC(=O)[C@@]1(C)SC[C@H]2CON=C21. The molecule has 2 rings (SSSR count). The average Bonchev–Trinajstić information content (AvgIpc) is 2.69. The van der Waals surface area contributed by atoms with E-state index in [2.05, 4.69) is 5.16 Å². The summed E-state index contributed by atoms with van der Waals surface area (Å²) >= 11 is 1.71. The predicted molar refractivity (Wildman–Crippen MR) is 53.0 cm³/mol. The van der Waals surface area contributed by atoms with Crippen molar-refractivity contribution in [3.8, 4) is 0 Å². The summed E-state index contributed by atoms with van der Waals surface area (Å²) < 4.78 is -0.393. The van der Waals surface area contributed by atoms with Gasteiger partial charge in [-0.1, -0.05) is 12.1 Å². The number of Topliss-reactive ketones (excluding diaryl/α,β-unsaturated/α-hetero) is 1. The Morgan fingerprint density at radius 1 is 1.85 bits per heavy atom. The summed E-state index contributed by atoms with van der Waals surface area (Å²) in [5.41, 5.74) is 0.962. The Labute approximate surface area is 81.9 Å². The van der Waals surface area contributed by atoms with Crippen LogP contribution in [0.2, 0.25) is 0 Å². The highest BCUT2D eigenvalue weighted by molar-refractivity contribution is 8.02. The third-order valence-corrected chi connectivity index (χ3v) is 4.32. The molecule has 1 saturated heterocycles. The number of thioether (sulfide) groups is 1. The van der Waals surface area contributed by atoms with Crippen LogP contribution in [0.15, 0.2) is 5.16 Å². The average molecular weight is 199 g/mol. The van der Waals surface area contributed by atoms with Gasteiger partial charge in [0, 0.05) is 18.1 Å². The van der Waals surface area contributed by atoms with Gasteiger partial charge in [0.25, 0.3) is 0 Å². The van der Waals surface area contributed by atoms with Crippen LogP contribution in [0.25, 0.3) is 0 Å². The maximum atomic E-state index is 11.7. The van der Waals surface area contributed by atoms with Crippen molar-refractivity contribution >= 4 is 23.3 Å². The van der Waals surface area contributed by atoms with Gasteiger partial charge in [-0.15, -0.1) is 11.8 Å². The molecule has 1 fully saturated rings. The van der Waals surface area contributed by atoms with E-state index in [0.29, 0.717) is 18.9 Å². The fourth-order valence-corrected chi connectivity index (χ4v) is 3.30. The zero-order chi connectivity index (χ0) is 9.47. The van der Waals surface area contributed by atoms with Gasteiger partial charge in [-0.25, -0.2) is 0 Å². The highest BCUT2D eigenvalue weighted by atomic mass is 32.2. The lowest BCUT2D eigenvalue weighted by Crippen LogP contribution is -2.37. The summed E-state index contributed by atoms with van der Waals surface area (Å²) in [6.45, 7) is 4.53. The Kier molecular flexibility index (Phi) is 2.10. The van der Waals surface area contributed by atoms with Gasteiger partial charge >= 0.3 is 0 Å². The number of fused-ring (bicyclic) bond motifs is 1. The molecule has 2 aliphatic rings. The first-order valence-electron chi connectivity index (χ1n) is 4.56. The number of oxime groups is 1. The molecule has 0 spiro atoms. The smallest absolute Gasteiger partial charge is 0.154 e. The van der Waals surface area contributed by atoms with E-state index >= 15 is 0 Å². The van der Waals surface area contributed by atoms with Crippen molar-refractivity contribution in [2.45, 2.75) is 25.0 Å². The van der Waals surface area contributed by atoms with E-state index in [0.717, 1.165) is 11.5 Å². The van der Waals surface area contributed by atoms with Gasteiger partial charge in [-0.05, 0) is 6.92 Å². The van der Waals surface area contributed by atoms with Crippen LogP contribution in [0.5, 0.6) is 0 Å². The number of ketones is 1. The minimum absolute atomic E-state index is 0.268. The summed E-state index contributed by atoms with van der Waals surface area (Å²) in [5.74, 6) is 1.62. The Morgan fingerprint density at radius 2 is 2.62 bits per heavy atom. The van der Waals surface area contributed by atoms with Gasteiger partial charge in [-0.3, -0.25) is 4.79 Å². The van der Waals surface area contributed by atoms with Gasteiger partial charge < -0.3 is 4.84 Å². The van der Waals surface area contributed by atoms with E-state index in [4.69, 9.17) is 4.84 Å². The van der Waals surface area contributed by atoms with Gasteiger partial charge in [-0.2, -0.15) is 0 Å². The van der Waals surface area contributed by atoms with Crippen LogP contribution in [-0.2, 0) is 9.63 Å². The molecule has 0 radical (unpaired) electrons. The first-order valence-corrected chi connectivity index (χ1v) is 5.54. The third kappa shape index (κ3) is 1.19. The van der Waals surface area contributed by atoms with Crippen LogP contribution in [0.4, 0.5) is 0 Å². The number of rotatable bonds is 2. The standard InChI is InChI=1S/C9H13NO2S/c1-3-7(11)9(2)8-6(5-13-9)4-12-10-8/h6H,3-5H2,1-2H3/t6-,9-/m1/s1. The maximum absolute atomic E-state index is 11.7. The highest BCUT2D eigenvalue weighted by Gasteiger charge is 2.50. The van der Waals surface area contributed by atoms with Crippen LogP contribution >= 0.6 is 11.8 Å². The number of nitrogens with zero attached hydrogens (tertiary/aromatic N) is 1. The van der Waals surface area contributed by atoms with E-state index in [1.54, 1.807) is 11.8 Å². The second kappa shape index (κ2) is 3.01. The third-order valence-electron chi connectivity index (χ3n) is 2.74. The van der Waals surface area contributed by atoms with E-state index in [1.165, 1.54) is 0 Å². The molecule has 0 aromatic heterocycles. The second-order valence-corrected chi connectivity index (χ2v) is 5.03. The van der Waals surface area contributed by atoms with Crippen molar-refractivity contribution < 1.29 is 9.63 Å². The molecule has 0 unspecified atom stereocenters. The summed E-state index contributed by atoms with van der Waals surface area (Å²) in [4.78, 5) is 16.7. The number of carbonyl (C=O) groups is 1. The van der Waals surface area contributed by atoms with E-state index < -0.39 is 4.75 Å². The maximum Gasteiger partial charge on any atom is 0.154 e. The molecule has 0 aromatic carbocycles. The lowest BCUT2D eigenvalue weighted by molar-refractivity contribution is -0.119. The lowest BCUT2D eigenvalue weighted by atomic mass is 9.91. The number of hydrogen-bond donors (Lipinski definition) is 0. The molecule has 3 nitrogen and oxygen atoms in total. The molecule has 0 N–H and O–H groups in total. The molecule has 2 heterocycles. The van der Waals surface area contributed by atoms with Crippen LogP contribution in [0.1, 0.15) is 20.3 Å². The minimum atomic E-state index is -0.393. The number of hydrogen-bond acceptors (Lipinski definition) is 4. The van der Waals surface area contributed by atoms with Crippen molar-refractivity contribution in [1.82, 2.24) is 0 Å². The summed E-state index contributed by atoms with van der Waals surface area (Å²) in [6.07, 6.45) is 0.579. The minimum Gasteiger partial charge on any atom is -0.395 e. The fraction of sp³-hybridized carbons (Fsp3) is 0.778. The van der Waals surface area contributed by atoms with Gasteiger partial charge in [0.15, 0.2) is 5.78 Å². The molecule has 13 heavy (non-hydrogen) atoms. The summed E-state index contributed by atoms with van der Waals surface area (Å²) in [7, 11) is 0. The van der Waals surface area contributed by atoms with Gasteiger partial charge in [0.2, 0.25) is 0 Å². The zero-order valence-corrected chi connectivity index (χ0v) is 8.69. The normalized spacial score (nSPS) is 36.8. The zero-order valence-electron chi connectivity index (χ0n) is 7.87. The molecule has 4 heteroatoms. The molecule has 0 aliphatic carbocycles. The van der Waals surface area contributed by atoms with Crippen LogP contribution in [0, 0.1) is 5.92 Å². The van der Waals surface area contributed by atoms with E-state index in [-0.39, 0.29) is 5.78 Å². The molecule has 0 amide bonds. The van der Waals surface area contributed by atoms with Gasteiger partial charge in [0.05, 0.1) is 5.71 Å². The Hall–Kier alpha value is -0.510. The molecular weight excluding hydrogens is 186 g/mol. The quantitative estimate of drug-likeness (QED) is 0.676.